The van der Waals surface area contributed by atoms with Crippen molar-refractivity contribution in [2.24, 2.45) is 22.7 Å². The van der Waals surface area contributed by atoms with Crippen LogP contribution in [0.5, 0.6) is 5.75 Å². The third-order valence-electron chi connectivity index (χ3n) is 8.63. The van der Waals surface area contributed by atoms with E-state index in [1.165, 1.54) is 4.90 Å². The minimum atomic E-state index is -1.12. The molecule has 2 amide bonds. The number of benzene rings is 3. The molecular weight excluding hydrogens is 462 g/mol. The first-order valence-electron chi connectivity index (χ1n) is 12.8. The molecule has 4 atom stereocenters. The average molecular weight is 492 g/mol. The Morgan fingerprint density at radius 2 is 1.38 bits per heavy atom. The van der Waals surface area contributed by atoms with Gasteiger partial charge in [0.25, 0.3) is 0 Å². The lowest BCUT2D eigenvalue weighted by Gasteiger charge is -2.37. The summed E-state index contributed by atoms with van der Waals surface area (Å²) in [5.74, 6) is -1.54. The number of ether oxygens (including phenoxy) is 1. The van der Waals surface area contributed by atoms with Crippen molar-refractivity contribution in [3.63, 3.8) is 0 Å². The fourth-order valence-electron chi connectivity index (χ4n) is 7.36. The van der Waals surface area contributed by atoms with E-state index in [2.05, 4.69) is 0 Å². The molecule has 3 aliphatic rings. The second-order valence-electron chi connectivity index (χ2n) is 10.4. The summed E-state index contributed by atoms with van der Waals surface area (Å²) in [6, 6.07) is 26.8. The Morgan fingerprint density at radius 3 is 1.97 bits per heavy atom. The first-order valence-corrected chi connectivity index (χ1v) is 12.8. The number of nitrogens with zero attached hydrogens (tertiary/aromatic N) is 1. The standard InChI is InChI=1S/C32H29NO4/c1-4-18-32-25(21-14-9-6-10-15-21)24(20-12-7-5-8-13-20)31(2,30(32)36)26-27(32)29(35)33(28(26)34)22-16-11-17-23(19-22)37-3/h5-17,19,26-27H,4,18H2,1-3H3/t26-,27+,31-,32-/m0/s1. The highest BCUT2D eigenvalue weighted by molar-refractivity contribution is 6.34. The zero-order valence-electron chi connectivity index (χ0n) is 21.2. The molecule has 186 valence electrons. The van der Waals surface area contributed by atoms with Crippen LogP contribution in [0.15, 0.2) is 84.9 Å². The maximum atomic E-state index is 14.6. The second kappa shape index (κ2) is 8.27. The molecule has 2 fully saturated rings. The number of amides is 2. The number of ketones is 1. The largest absolute Gasteiger partial charge is 0.497 e. The number of allylic oxidation sites excluding steroid dienone is 2. The van der Waals surface area contributed by atoms with Crippen LogP contribution in [0.2, 0.25) is 0 Å². The molecule has 5 heteroatoms. The van der Waals surface area contributed by atoms with Gasteiger partial charge in [0, 0.05) is 6.07 Å². The van der Waals surface area contributed by atoms with Gasteiger partial charge in [0.2, 0.25) is 11.8 Å². The van der Waals surface area contributed by atoms with Crippen LogP contribution in [0.1, 0.15) is 37.8 Å². The quantitative estimate of drug-likeness (QED) is 0.409. The third kappa shape index (κ3) is 2.88. The smallest absolute Gasteiger partial charge is 0.239 e. The molecule has 37 heavy (non-hydrogen) atoms. The zero-order valence-corrected chi connectivity index (χ0v) is 21.2. The Labute approximate surface area is 216 Å². The first kappa shape index (κ1) is 23.4. The number of fused-ring (bicyclic) bond motifs is 5. The molecule has 0 radical (unpaired) electrons. The van der Waals surface area contributed by atoms with Crippen molar-refractivity contribution in [1.29, 1.82) is 0 Å². The lowest BCUT2D eigenvalue weighted by molar-refractivity contribution is -0.134. The number of methoxy groups -OCH3 is 1. The van der Waals surface area contributed by atoms with Crippen molar-refractivity contribution < 1.29 is 19.1 Å². The van der Waals surface area contributed by atoms with Gasteiger partial charge in [0.05, 0.1) is 35.5 Å². The first-order chi connectivity index (χ1) is 17.9. The van der Waals surface area contributed by atoms with Crippen molar-refractivity contribution in [2.75, 3.05) is 12.0 Å². The van der Waals surface area contributed by atoms with Crippen molar-refractivity contribution in [3.8, 4) is 5.75 Å². The SMILES string of the molecule is CCC[C@]12C(=O)[C@@](C)(C(c3ccccc3)=C1c1ccccc1)[C@@H]1C(=O)N(c3cccc(OC)c3)C(=O)[C@@H]12. The molecule has 2 bridgehead atoms. The lowest BCUT2D eigenvalue weighted by atomic mass is 9.61. The fourth-order valence-corrected chi connectivity index (χ4v) is 7.36. The van der Waals surface area contributed by atoms with Crippen LogP contribution in [0.4, 0.5) is 5.69 Å². The van der Waals surface area contributed by atoms with E-state index in [0.717, 1.165) is 22.3 Å². The molecule has 6 rings (SSSR count). The van der Waals surface area contributed by atoms with Crippen LogP contribution >= 0.6 is 0 Å². The molecule has 0 aromatic heterocycles. The van der Waals surface area contributed by atoms with E-state index < -0.39 is 22.7 Å². The van der Waals surface area contributed by atoms with Crippen LogP contribution in [-0.2, 0) is 14.4 Å². The second-order valence-corrected chi connectivity index (χ2v) is 10.4. The fraction of sp³-hybridized carbons (Fsp3) is 0.281. The molecule has 0 spiro atoms. The Morgan fingerprint density at radius 1 is 0.784 bits per heavy atom. The Hall–Kier alpha value is -3.99. The minimum Gasteiger partial charge on any atom is -0.497 e. The summed E-state index contributed by atoms with van der Waals surface area (Å²) >= 11 is 0. The number of Topliss-reactive ketones (excluding diaryl/α,β-unsaturated/α-hetero) is 1. The molecule has 3 aromatic rings. The van der Waals surface area contributed by atoms with Gasteiger partial charge < -0.3 is 4.74 Å². The van der Waals surface area contributed by atoms with E-state index in [0.29, 0.717) is 24.3 Å². The third-order valence-corrected chi connectivity index (χ3v) is 8.63. The maximum absolute atomic E-state index is 14.6. The van der Waals surface area contributed by atoms with Crippen molar-refractivity contribution >= 4 is 34.4 Å². The number of imide groups is 1. The number of carbonyl (C=O) groups excluding carboxylic acids is 3. The van der Waals surface area contributed by atoms with Gasteiger partial charge in [-0.15, -0.1) is 0 Å². The minimum absolute atomic E-state index is 0.00143. The number of hydrogen-bond acceptors (Lipinski definition) is 4. The highest BCUT2D eigenvalue weighted by Gasteiger charge is 2.80. The Kier molecular flexibility index (Phi) is 5.23. The van der Waals surface area contributed by atoms with Crippen LogP contribution in [-0.4, -0.2) is 24.7 Å². The van der Waals surface area contributed by atoms with Gasteiger partial charge in [-0.3, -0.25) is 14.4 Å². The topological polar surface area (TPSA) is 63.7 Å². The van der Waals surface area contributed by atoms with Crippen molar-refractivity contribution in [2.45, 2.75) is 26.7 Å². The normalized spacial score (nSPS) is 28.3. The molecular formula is C32H29NO4. The molecule has 1 aliphatic heterocycles. The predicted octanol–water partition coefficient (Wildman–Crippen LogP) is 5.80. The average Bonchev–Trinajstić information content (AvgIpc) is 3.39. The molecule has 1 saturated carbocycles. The van der Waals surface area contributed by atoms with Crippen LogP contribution < -0.4 is 9.64 Å². The van der Waals surface area contributed by atoms with Crippen LogP contribution in [0.3, 0.4) is 0 Å². The van der Waals surface area contributed by atoms with Gasteiger partial charge in [0.1, 0.15) is 5.75 Å². The van der Waals surface area contributed by atoms with E-state index in [9.17, 15) is 14.4 Å². The molecule has 2 aliphatic carbocycles. The summed E-state index contributed by atoms with van der Waals surface area (Å²) in [6.07, 6.45) is 1.22. The van der Waals surface area contributed by atoms with E-state index >= 15 is 0 Å². The predicted molar refractivity (Wildman–Crippen MR) is 143 cm³/mol. The number of carbonyl (C=O) groups is 3. The van der Waals surface area contributed by atoms with E-state index in [-0.39, 0.29) is 17.6 Å². The monoisotopic (exact) mass is 491 g/mol. The highest BCUT2D eigenvalue weighted by atomic mass is 16.5. The summed E-state index contributed by atoms with van der Waals surface area (Å²) in [5.41, 5.74) is 1.94. The van der Waals surface area contributed by atoms with Gasteiger partial charge in [0.15, 0.2) is 5.78 Å². The van der Waals surface area contributed by atoms with Crippen molar-refractivity contribution in [1.82, 2.24) is 0 Å². The lowest BCUT2D eigenvalue weighted by Crippen LogP contribution is -2.41. The van der Waals surface area contributed by atoms with Gasteiger partial charge in [-0.2, -0.15) is 0 Å². The van der Waals surface area contributed by atoms with Gasteiger partial charge in [-0.05, 0) is 47.8 Å². The molecule has 0 N–H and O–H groups in total. The van der Waals surface area contributed by atoms with Gasteiger partial charge in [-0.25, -0.2) is 4.90 Å². The van der Waals surface area contributed by atoms with E-state index in [4.69, 9.17) is 4.74 Å². The number of anilines is 1. The summed E-state index contributed by atoms with van der Waals surface area (Å²) in [4.78, 5) is 44.4. The zero-order chi connectivity index (χ0) is 25.9. The Balaban J connectivity index is 1.64. The summed E-state index contributed by atoms with van der Waals surface area (Å²) in [6.45, 7) is 3.93. The highest BCUT2D eigenvalue weighted by Crippen LogP contribution is 2.75. The van der Waals surface area contributed by atoms with Crippen LogP contribution in [0, 0.1) is 22.7 Å². The number of rotatable bonds is 6. The van der Waals surface area contributed by atoms with Crippen molar-refractivity contribution in [3.05, 3.63) is 96.1 Å². The van der Waals surface area contributed by atoms with Gasteiger partial charge >= 0.3 is 0 Å². The molecule has 5 nitrogen and oxygen atoms in total. The van der Waals surface area contributed by atoms with E-state index in [1.54, 1.807) is 31.4 Å². The van der Waals surface area contributed by atoms with Gasteiger partial charge in [-0.1, -0.05) is 80.1 Å². The molecule has 0 unspecified atom stereocenters. The maximum Gasteiger partial charge on any atom is 0.239 e. The summed E-state index contributed by atoms with van der Waals surface area (Å²) in [5, 5.41) is 0. The number of hydrogen-bond donors (Lipinski definition) is 0. The van der Waals surface area contributed by atoms with Crippen LogP contribution in [0.25, 0.3) is 11.1 Å². The van der Waals surface area contributed by atoms with E-state index in [1.807, 2.05) is 74.5 Å². The Bertz CT molecular complexity index is 1460. The summed E-state index contributed by atoms with van der Waals surface area (Å²) < 4.78 is 5.37. The molecule has 1 saturated heterocycles. The molecule has 1 heterocycles. The molecule has 3 aromatic carbocycles. The summed E-state index contributed by atoms with van der Waals surface area (Å²) in [7, 11) is 1.56.